The van der Waals surface area contributed by atoms with Crippen molar-refractivity contribution < 1.29 is 9.59 Å². The highest BCUT2D eigenvalue weighted by Gasteiger charge is 2.47. The molecule has 2 fully saturated rings. The zero-order valence-corrected chi connectivity index (χ0v) is 11.1. The van der Waals surface area contributed by atoms with Crippen LogP contribution in [0.2, 0.25) is 0 Å². The topological polar surface area (TPSA) is 67.2 Å². The fraction of sp³-hybridized carbons (Fsp3) is 0.615. The summed E-state index contributed by atoms with van der Waals surface area (Å²) in [6, 6.07) is 1.77. The molecule has 1 saturated carbocycles. The maximum absolute atomic E-state index is 12.7. The van der Waals surface area contributed by atoms with Crippen LogP contribution in [0.1, 0.15) is 32.1 Å². The minimum absolute atomic E-state index is 0.00880. The number of piperazine rings is 1. The van der Waals surface area contributed by atoms with Crippen LogP contribution in [0.5, 0.6) is 0 Å². The van der Waals surface area contributed by atoms with Gasteiger partial charge in [-0.15, -0.1) is 0 Å². The van der Waals surface area contributed by atoms with Gasteiger partial charge in [-0.25, -0.2) is 0 Å². The third kappa shape index (κ3) is 2.01. The Morgan fingerprint density at radius 1 is 1.26 bits per heavy atom. The fourth-order valence-corrected chi connectivity index (χ4v) is 3.06. The van der Waals surface area contributed by atoms with Gasteiger partial charge in [0.25, 0.3) is 5.91 Å². The zero-order valence-electron chi connectivity index (χ0n) is 11.1. The first-order valence-electron chi connectivity index (χ1n) is 6.73. The van der Waals surface area contributed by atoms with Crippen molar-refractivity contribution in [2.45, 2.75) is 37.6 Å². The van der Waals surface area contributed by atoms with Crippen molar-refractivity contribution in [2.24, 2.45) is 7.05 Å². The van der Waals surface area contributed by atoms with Crippen LogP contribution in [0.4, 0.5) is 5.82 Å². The van der Waals surface area contributed by atoms with Gasteiger partial charge < -0.3 is 5.32 Å². The number of aryl methyl sites for hydroxylation is 1. The second-order valence-corrected chi connectivity index (χ2v) is 5.43. The third-order valence-corrected chi connectivity index (χ3v) is 4.02. The van der Waals surface area contributed by atoms with Crippen LogP contribution in [-0.2, 0) is 16.6 Å². The van der Waals surface area contributed by atoms with Crippen LogP contribution in [0, 0.1) is 0 Å². The van der Waals surface area contributed by atoms with Gasteiger partial charge in [0.05, 0.1) is 0 Å². The summed E-state index contributed by atoms with van der Waals surface area (Å²) in [7, 11) is 1.80. The summed E-state index contributed by atoms with van der Waals surface area (Å²) in [5.74, 6) is 0.463. The van der Waals surface area contributed by atoms with Gasteiger partial charge in [-0.1, -0.05) is 19.3 Å². The van der Waals surface area contributed by atoms with Gasteiger partial charge in [0.2, 0.25) is 5.91 Å². The van der Waals surface area contributed by atoms with Crippen molar-refractivity contribution in [3.8, 4) is 0 Å². The van der Waals surface area contributed by atoms with E-state index in [-0.39, 0.29) is 18.4 Å². The molecule has 0 radical (unpaired) electrons. The standard InChI is InChI=1S/C13H18N4O2/c1-16-8-5-10(15-16)17-9-11(18)14-13(12(17)19)6-3-2-4-7-13/h5,8H,2-4,6-7,9H2,1H3,(H,14,18). The average Bonchev–Trinajstić information content (AvgIpc) is 2.81. The number of rotatable bonds is 1. The SMILES string of the molecule is Cn1ccc(N2CC(=O)NC3(CCCCC3)C2=O)n1. The Morgan fingerprint density at radius 3 is 2.63 bits per heavy atom. The molecule has 2 heterocycles. The quantitative estimate of drug-likeness (QED) is 0.805. The third-order valence-electron chi connectivity index (χ3n) is 4.02. The molecule has 2 aliphatic rings. The van der Waals surface area contributed by atoms with Crippen molar-refractivity contribution in [2.75, 3.05) is 11.4 Å². The van der Waals surface area contributed by atoms with Crippen molar-refractivity contribution in [3.63, 3.8) is 0 Å². The van der Waals surface area contributed by atoms with E-state index in [0.29, 0.717) is 5.82 Å². The Bertz CT molecular complexity index is 516. The normalized spacial score (nSPS) is 22.7. The van der Waals surface area contributed by atoms with Crippen LogP contribution >= 0.6 is 0 Å². The Morgan fingerprint density at radius 2 is 2.00 bits per heavy atom. The molecule has 6 nitrogen and oxygen atoms in total. The second kappa shape index (κ2) is 4.36. The Hall–Kier alpha value is -1.85. The molecule has 0 bridgehead atoms. The molecule has 1 N–H and O–H groups in total. The number of nitrogens with one attached hydrogen (secondary N) is 1. The van der Waals surface area contributed by atoms with Gasteiger partial charge in [-0.05, 0) is 12.8 Å². The van der Waals surface area contributed by atoms with E-state index >= 15 is 0 Å². The largest absolute Gasteiger partial charge is 0.340 e. The van der Waals surface area contributed by atoms with E-state index in [0.717, 1.165) is 32.1 Å². The molecule has 0 aromatic carbocycles. The van der Waals surface area contributed by atoms with E-state index in [1.165, 1.54) is 4.90 Å². The highest BCUT2D eigenvalue weighted by Crippen LogP contribution is 2.33. The molecule has 19 heavy (non-hydrogen) atoms. The first-order valence-corrected chi connectivity index (χ1v) is 6.73. The van der Waals surface area contributed by atoms with Gasteiger partial charge in [0.15, 0.2) is 5.82 Å². The molecule has 1 aromatic heterocycles. The van der Waals surface area contributed by atoms with Gasteiger partial charge in [0.1, 0.15) is 12.1 Å². The summed E-state index contributed by atoms with van der Waals surface area (Å²) in [4.78, 5) is 26.2. The molecule has 102 valence electrons. The molecule has 1 aromatic rings. The maximum Gasteiger partial charge on any atom is 0.254 e. The average molecular weight is 262 g/mol. The summed E-state index contributed by atoms with van der Waals surface area (Å²) in [6.07, 6.45) is 6.36. The second-order valence-electron chi connectivity index (χ2n) is 5.43. The van der Waals surface area contributed by atoms with Crippen LogP contribution in [0.3, 0.4) is 0 Å². The van der Waals surface area contributed by atoms with E-state index < -0.39 is 5.54 Å². The molecule has 0 atom stereocenters. The lowest BCUT2D eigenvalue weighted by Crippen LogP contribution is -2.67. The molecule has 0 unspecified atom stereocenters. The van der Waals surface area contributed by atoms with Crippen LogP contribution in [0.15, 0.2) is 12.3 Å². The number of hydrogen-bond acceptors (Lipinski definition) is 3. The lowest BCUT2D eigenvalue weighted by Gasteiger charge is -2.43. The summed E-state index contributed by atoms with van der Waals surface area (Å²) < 4.78 is 1.64. The van der Waals surface area contributed by atoms with Crippen molar-refractivity contribution in [3.05, 3.63) is 12.3 Å². The summed E-state index contributed by atoms with van der Waals surface area (Å²) in [5, 5.41) is 7.16. The fourth-order valence-electron chi connectivity index (χ4n) is 3.06. The zero-order chi connectivity index (χ0) is 13.5. The van der Waals surface area contributed by atoms with Gasteiger partial charge in [0, 0.05) is 19.3 Å². The van der Waals surface area contributed by atoms with Crippen molar-refractivity contribution in [1.29, 1.82) is 0 Å². The summed E-state index contributed by atoms with van der Waals surface area (Å²) in [5.41, 5.74) is -0.689. The Kier molecular flexibility index (Phi) is 2.80. The molecule has 3 rings (SSSR count). The van der Waals surface area contributed by atoms with E-state index in [2.05, 4.69) is 10.4 Å². The number of hydrogen-bond donors (Lipinski definition) is 1. The molecule has 6 heteroatoms. The van der Waals surface area contributed by atoms with Crippen molar-refractivity contribution >= 4 is 17.6 Å². The maximum atomic E-state index is 12.7. The molecule has 1 aliphatic heterocycles. The van der Waals surface area contributed by atoms with E-state index in [1.54, 1.807) is 24.0 Å². The van der Waals surface area contributed by atoms with E-state index in [1.807, 2.05) is 0 Å². The number of aromatic nitrogens is 2. The molecule has 1 aliphatic carbocycles. The molecule has 1 saturated heterocycles. The number of carbonyl (C=O) groups is 2. The lowest BCUT2D eigenvalue weighted by molar-refractivity contribution is -0.137. The minimum Gasteiger partial charge on any atom is -0.340 e. The summed E-state index contributed by atoms with van der Waals surface area (Å²) in [6.45, 7) is 0.0671. The predicted molar refractivity (Wildman–Crippen MR) is 69.5 cm³/mol. The van der Waals surface area contributed by atoms with Crippen molar-refractivity contribution in [1.82, 2.24) is 15.1 Å². The molecule has 2 amide bonds. The van der Waals surface area contributed by atoms with Crippen LogP contribution in [0.25, 0.3) is 0 Å². The number of anilines is 1. The lowest BCUT2D eigenvalue weighted by atomic mass is 9.79. The van der Waals surface area contributed by atoms with Crippen LogP contribution < -0.4 is 10.2 Å². The number of carbonyl (C=O) groups excluding carboxylic acids is 2. The number of nitrogens with zero attached hydrogens (tertiary/aromatic N) is 3. The Balaban J connectivity index is 1.93. The van der Waals surface area contributed by atoms with E-state index in [4.69, 9.17) is 0 Å². The first kappa shape index (κ1) is 12.2. The number of amides is 2. The smallest absolute Gasteiger partial charge is 0.254 e. The van der Waals surface area contributed by atoms with Gasteiger partial charge >= 0.3 is 0 Å². The highest BCUT2D eigenvalue weighted by atomic mass is 16.2. The van der Waals surface area contributed by atoms with E-state index in [9.17, 15) is 9.59 Å². The predicted octanol–water partition coefficient (Wildman–Crippen LogP) is 0.586. The minimum atomic E-state index is -0.689. The van der Waals surface area contributed by atoms with Gasteiger partial charge in [-0.2, -0.15) is 5.10 Å². The monoisotopic (exact) mass is 262 g/mol. The molecule has 1 spiro atoms. The Labute approximate surface area is 111 Å². The van der Waals surface area contributed by atoms with Crippen LogP contribution in [-0.4, -0.2) is 33.7 Å². The molecular formula is C13H18N4O2. The molecular weight excluding hydrogens is 244 g/mol. The highest BCUT2D eigenvalue weighted by molar-refractivity contribution is 6.08. The van der Waals surface area contributed by atoms with Gasteiger partial charge in [-0.3, -0.25) is 19.2 Å². The summed E-state index contributed by atoms with van der Waals surface area (Å²) >= 11 is 0. The first-order chi connectivity index (χ1) is 9.11.